The van der Waals surface area contributed by atoms with Crippen LogP contribution in [0.5, 0.6) is 0 Å². The minimum atomic E-state index is -4.58. The van der Waals surface area contributed by atoms with Crippen LogP contribution in [0.25, 0.3) is 11.4 Å². The Balaban J connectivity index is 1.37. The molecular formula is C20H15F6N5O2. The van der Waals surface area contributed by atoms with Crippen LogP contribution in [0, 0.1) is 0 Å². The van der Waals surface area contributed by atoms with Crippen LogP contribution in [0.4, 0.5) is 26.3 Å². The first-order valence-electron chi connectivity index (χ1n) is 9.72. The summed E-state index contributed by atoms with van der Waals surface area (Å²) in [6, 6.07) is 3.87. The molecule has 0 radical (unpaired) electrons. The van der Waals surface area contributed by atoms with Gasteiger partial charge in [-0.3, -0.25) is 14.8 Å². The summed E-state index contributed by atoms with van der Waals surface area (Å²) in [5.41, 5.74) is -1.79. The Labute approximate surface area is 182 Å². The zero-order chi connectivity index (χ0) is 23.8. The molecule has 3 aromatic rings. The Morgan fingerprint density at radius 3 is 2.03 bits per heavy atom. The third kappa shape index (κ3) is 4.96. The molecular weight excluding hydrogens is 456 g/mol. The molecule has 1 aliphatic rings. The average molecular weight is 471 g/mol. The van der Waals surface area contributed by atoms with E-state index in [1.54, 1.807) is 0 Å². The highest BCUT2D eigenvalue weighted by Crippen LogP contribution is 2.31. The lowest BCUT2D eigenvalue weighted by Gasteiger charge is -2.30. The summed E-state index contributed by atoms with van der Waals surface area (Å²) < 4.78 is 81.1. The first-order valence-corrected chi connectivity index (χ1v) is 9.72. The predicted octanol–water partition coefficient (Wildman–Crippen LogP) is 4.58. The fourth-order valence-corrected chi connectivity index (χ4v) is 3.41. The topological polar surface area (TPSA) is 85.0 Å². The van der Waals surface area contributed by atoms with Crippen LogP contribution < -0.4 is 0 Å². The molecule has 0 aliphatic carbocycles. The molecule has 0 atom stereocenters. The van der Waals surface area contributed by atoms with Crippen molar-refractivity contribution in [1.82, 2.24) is 25.0 Å². The van der Waals surface area contributed by atoms with Crippen LogP contribution >= 0.6 is 0 Å². The van der Waals surface area contributed by atoms with E-state index in [0.717, 1.165) is 30.6 Å². The van der Waals surface area contributed by atoms with E-state index in [9.17, 15) is 31.1 Å². The molecule has 0 spiro atoms. The summed E-state index contributed by atoms with van der Waals surface area (Å²) in [5, 5.41) is 3.80. The van der Waals surface area contributed by atoms with Crippen molar-refractivity contribution in [2.75, 3.05) is 13.1 Å². The third-order valence-corrected chi connectivity index (χ3v) is 5.19. The van der Waals surface area contributed by atoms with Gasteiger partial charge >= 0.3 is 12.4 Å². The standard InChI is InChI=1S/C20H15F6N5O2/c21-19(22,23)14-3-1-12(9-27-14)16-29-17(33-30-16)11-5-7-31(8-6-11)18(32)13-2-4-15(28-10-13)20(24,25)26/h1-4,9-11H,5-8H2. The third-order valence-electron chi connectivity index (χ3n) is 5.19. The molecule has 1 saturated heterocycles. The van der Waals surface area contributed by atoms with Crippen LogP contribution in [0.1, 0.15) is 46.4 Å². The second-order valence-corrected chi connectivity index (χ2v) is 7.38. The number of nitrogens with zero attached hydrogens (tertiary/aromatic N) is 5. The van der Waals surface area contributed by atoms with Gasteiger partial charge in [-0.15, -0.1) is 0 Å². The predicted molar refractivity (Wildman–Crippen MR) is 99.6 cm³/mol. The maximum atomic E-state index is 12.6. The SMILES string of the molecule is O=C(c1ccc(C(F)(F)F)nc1)N1CCC(c2nc(-c3ccc(C(F)(F)F)nc3)no2)CC1. The van der Waals surface area contributed by atoms with Crippen molar-refractivity contribution in [3.05, 3.63) is 59.5 Å². The summed E-state index contributed by atoms with van der Waals surface area (Å²) in [4.78, 5) is 25.0. The monoisotopic (exact) mass is 471 g/mol. The zero-order valence-electron chi connectivity index (χ0n) is 16.7. The van der Waals surface area contributed by atoms with Crippen LogP contribution in [-0.2, 0) is 12.4 Å². The lowest BCUT2D eigenvalue weighted by Crippen LogP contribution is -2.38. The Morgan fingerprint density at radius 1 is 0.909 bits per heavy atom. The number of pyridine rings is 2. The van der Waals surface area contributed by atoms with E-state index in [-0.39, 0.29) is 28.8 Å². The lowest BCUT2D eigenvalue weighted by atomic mass is 9.96. The molecule has 0 aromatic carbocycles. The quantitative estimate of drug-likeness (QED) is 0.520. The molecule has 1 fully saturated rings. The Kier molecular flexibility index (Phi) is 5.80. The first-order chi connectivity index (χ1) is 15.5. The highest BCUT2D eigenvalue weighted by molar-refractivity contribution is 5.94. The van der Waals surface area contributed by atoms with E-state index in [2.05, 4.69) is 20.1 Å². The van der Waals surface area contributed by atoms with E-state index in [0.29, 0.717) is 25.9 Å². The fraction of sp³-hybridized carbons (Fsp3) is 0.350. The van der Waals surface area contributed by atoms with E-state index in [1.807, 2.05) is 0 Å². The Morgan fingerprint density at radius 2 is 1.52 bits per heavy atom. The number of likely N-dealkylation sites (tertiary alicyclic amines) is 1. The molecule has 0 unspecified atom stereocenters. The van der Waals surface area contributed by atoms with Gasteiger partial charge in [-0.25, -0.2) is 0 Å². The van der Waals surface area contributed by atoms with Crippen molar-refractivity contribution in [2.24, 2.45) is 0 Å². The van der Waals surface area contributed by atoms with E-state index in [4.69, 9.17) is 4.52 Å². The molecule has 1 aliphatic heterocycles. The molecule has 33 heavy (non-hydrogen) atoms. The average Bonchev–Trinajstić information content (AvgIpc) is 3.28. The van der Waals surface area contributed by atoms with Crippen LogP contribution in [0.2, 0.25) is 0 Å². The number of halogens is 6. The second-order valence-electron chi connectivity index (χ2n) is 7.38. The van der Waals surface area contributed by atoms with Gasteiger partial charge in [0.15, 0.2) is 0 Å². The molecule has 3 aromatic heterocycles. The van der Waals surface area contributed by atoms with Crippen molar-refractivity contribution in [3.8, 4) is 11.4 Å². The number of piperidine rings is 1. The summed E-state index contributed by atoms with van der Waals surface area (Å²) >= 11 is 0. The summed E-state index contributed by atoms with van der Waals surface area (Å²) in [7, 11) is 0. The van der Waals surface area contributed by atoms with Gasteiger partial charge in [0.2, 0.25) is 11.7 Å². The number of hydrogen-bond acceptors (Lipinski definition) is 6. The molecule has 0 N–H and O–H groups in total. The highest BCUT2D eigenvalue weighted by atomic mass is 19.4. The van der Waals surface area contributed by atoms with E-state index < -0.39 is 29.6 Å². The number of carbonyl (C=O) groups is 1. The van der Waals surface area contributed by atoms with E-state index in [1.165, 1.54) is 11.0 Å². The fourth-order valence-electron chi connectivity index (χ4n) is 3.41. The van der Waals surface area contributed by atoms with Gasteiger partial charge < -0.3 is 9.42 Å². The maximum absolute atomic E-state index is 12.6. The molecule has 0 saturated carbocycles. The minimum Gasteiger partial charge on any atom is -0.339 e. The van der Waals surface area contributed by atoms with Gasteiger partial charge in [0.05, 0.1) is 5.56 Å². The second kappa shape index (κ2) is 8.45. The number of rotatable bonds is 3. The Bertz CT molecular complexity index is 1120. The number of amides is 1. The first kappa shape index (κ1) is 22.7. The van der Waals surface area contributed by atoms with Gasteiger partial charge in [0.1, 0.15) is 11.4 Å². The Hall–Kier alpha value is -3.51. The maximum Gasteiger partial charge on any atom is 0.433 e. The largest absolute Gasteiger partial charge is 0.433 e. The molecule has 13 heteroatoms. The van der Waals surface area contributed by atoms with Gasteiger partial charge in [-0.05, 0) is 37.1 Å². The molecule has 174 valence electrons. The smallest absolute Gasteiger partial charge is 0.339 e. The highest BCUT2D eigenvalue weighted by Gasteiger charge is 2.34. The van der Waals surface area contributed by atoms with Crippen molar-refractivity contribution in [2.45, 2.75) is 31.1 Å². The van der Waals surface area contributed by atoms with Gasteiger partial charge in [0, 0.05) is 37.0 Å². The molecule has 7 nitrogen and oxygen atoms in total. The minimum absolute atomic E-state index is 0.0522. The summed E-state index contributed by atoms with van der Waals surface area (Å²) in [5.74, 6) is -0.228. The molecule has 1 amide bonds. The number of carbonyl (C=O) groups excluding carboxylic acids is 1. The van der Waals surface area contributed by atoms with E-state index >= 15 is 0 Å². The summed E-state index contributed by atoms with van der Waals surface area (Å²) in [6.45, 7) is 0.619. The van der Waals surface area contributed by atoms with Crippen molar-refractivity contribution < 1.29 is 35.7 Å². The van der Waals surface area contributed by atoms with Crippen molar-refractivity contribution in [3.63, 3.8) is 0 Å². The zero-order valence-corrected chi connectivity index (χ0v) is 16.7. The lowest BCUT2D eigenvalue weighted by molar-refractivity contribution is -0.141. The van der Waals surface area contributed by atoms with Crippen LogP contribution in [0.15, 0.2) is 41.2 Å². The number of hydrogen-bond donors (Lipinski definition) is 0. The molecule has 0 bridgehead atoms. The van der Waals surface area contributed by atoms with Crippen molar-refractivity contribution in [1.29, 1.82) is 0 Å². The van der Waals surface area contributed by atoms with Crippen molar-refractivity contribution >= 4 is 5.91 Å². The van der Waals surface area contributed by atoms with Crippen LogP contribution in [0.3, 0.4) is 0 Å². The summed E-state index contributed by atoms with van der Waals surface area (Å²) in [6.07, 6.45) is -6.29. The van der Waals surface area contributed by atoms with Gasteiger partial charge in [0.25, 0.3) is 5.91 Å². The van der Waals surface area contributed by atoms with Gasteiger partial charge in [-0.2, -0.15) is 31.3 Å². The normalized spacial score (nSPS) is 15.6. The number of aromatic nitrogens is 4. The molecule has 4 rings (SSSR count). The molecule has 4 heterocycles. The number of alkyl halides is 6. The van der Waals surface area contributed by atoms with Gasteiger partial charge in [-0.1, -0.05) is 5.16 Å². The van der Waals surface area contributed by atoms with Crippen LogP contribution in [-0.4, -0.2) is 44.0 Å².